The maximum Gasteiger partial charge on any atom is 0.255 e. The van der Waals surface area contributed by atoms with E-state index in [0.29, 0.717) is 18.0 Å². The van der Waals surface area contributed by atoms with Crippen LogP contribution < -0.4 is 5.32 Å². The zero-order chi connectivity index (χ0) is 23.3. The molecule has 5 rings (SSSR count). The lowest BCUT2D eigenvalue weighted by molar-refractivity contribution is -0.122. The third kappa shape index (κ3) is 4.20. The molecule has 1 saturated heterocycles. The van der Waals surface area contributed by atoms with E-state index in [1.165, 1.54) is 5.57 Å². The summed E-state index contributed by atoms with van der Waals surface area (Å²) in [5.41, 5.74) is 6.89. The number of hydrogen-bond acceptors (Lipinski definition) is 4. The van der Waals surface area contributed by atoms with Gasteiger partial charge in [-0.2, -0.15) is 5.10 Å². The van der Waals surface area contributed by atoms with Crippen LogP contribution >= 0.6 is 0 Å². The van der Waals surface area contributed by atoms with E-state index in [0.717, 1.165) is 53.1 Å². The minimum Gasteiger partial charge on any atom is -0.312 e. The Kier molecular flexibility index (Phi) is 5.57. The first kappa shape index (κ1) is 21.8. The SMILES string of the molecule is Cc1cn2nc(C3=CC(=O)N4C=C(C5CC(C)NC(C)C5)C=CC4=CCC3C)cc2c(C)n1. The van der Waals surface area contributed by atoms with Crippen molar-refractivity contribution in [2.75, 3.05) is 0 Å². The summed E-state index contributed by atoms with van der Waals surface area (Å²) < 4.78 is 1.88. The lowest BCUT2D eigenvalue weighted by Crippen LogP contribution is -2.43. The minimum absolute atomic E-state index is 0.0113. The van der Waals surface area contributed by atoms with Gasteiger partial charge in [0.05, 0.1) is 28.8 Å². The smallest absolute Gasteiger partial charge is 0.255 e. The molecule has 1 fully saturated rings. The standard InChI is InChI=1S/C27H33N5O/c1-16-6-8-23-9-7-21(22-10-17(2)28-18(3)11-22)15-31(23)27(33)12-24(16)25-13-26-20(5)29-19(4)14-32(26)30-25/h7-9,12-18,22,28H,6,10-11H2,1-5H3. The van der Waals surface area contributed by atoms with Gasteiger partial charge in [0.15, 0.2) is 0 Å². The van der Waals surface area contributed by atoms with E-state index in [1.807, 2.05) is 29.5 Å². The summed E-state index contributed by atoms with van der Waals surface area (Å²) in [5.74, 6) is 0.641. The van der Waals surface area contributed by atoms with Crippen LogP contribution in [-0.2, 0) is 4.79 Å². The predicted molar refractivity (Wildman–Crippen MR) is 131 cm³/mol. The van der Waals surface area contributed by atoms with Gasteiger partial charge in [-0.15, -0.1) is 0 Å². The summed E-state index contributed by atoms with van der Waals surface area (Å²) in [5, 5.41) is 8.42. The normalized spacial score (nSPS) is 28.1. The molecule has 0 aromatic carbocycles. The van der Waals surface area contributed by atoms with Gasteiger partial charge in [0.1, 0.15) is 0 Å². The number of piperidine rings is 1. The van der Waals surface area contributed by atoms with Crippen molar-refractivity contribution in [3.05, 3.63) is 71.1 Å². The fourth-order valence-electron chi connectivity index (χ4n) is 5.50. The Hall–Kier alpha value is -2.99. The molecule has 3 aliphatic heterocycles. The number of aromatic nitrogens is 3. The van der Waals surface area contributed by atoms with Crippen LogP contribution in [0.25, 0.3) is 11.1 Å². The summed E-state index contributed by atoms with van der Waals surface area (Å²) >= 11 is 0. The average molecular weight is 444 g/mol. The maximum absolute atomic E-state index is 13.5. The van der Waals surface area contributed by atoms with Crippen molar-refractivity contribution >= 4 is 17.0 Å². The second kappa shape index (κ2) is 8.41. The fraction of sp³-hybridized carbons (Fsp3) is 0.444. The van der Waals surface area contributed by atoms with E-state index in [1.54, 1.807) is 6.08 Å². The van der Waals surface area contributed by atoms with Crippen LogP contribution in [0.4, 0.5) is 0 Å². The molecule has 3 unspecified atom stereocenters. The predicted octanol–water partition coefficient (Wildman–Crippen LogP) is 4.71. The van der Waals surface area contributed by atoms with Crippen LogP contribution in [0.5, 0.6) is 0 Å². The second-order valence-electron chi connectivity index (χ2n) is 10.0. The lowest BCUT2D eigenvalue weighted by atomic mass is 9.82. The first-order chi connectivity index (χ1) is 15.8. The number of carbonyl (C=O) groups is 1. The summed E-state index contributed by atoms with van der Waals surface area (Å²) in [6.45, 7) is 10.6. The van der Waals surface area contributed by atoms with E-state index in [2.05, 4.69) is 61.6 Å². The number of amides is 1. The van der Waals surface area contributed by atoms with E-state index >= 15 is 0 Å². The van der Waals surface area contributed by atoms with Crippen LogP contribution in [0.15, 0.2) is 54.0 Å². The molecule has 6 nitrogen and oxygen atoms in total. The highest BCUT2D eigenvalue weighted by Gasteiger charge is 2.29. The molecule has 5 heterocycles. The molecule has 0 saturated carbocycles. The van der Waals surface area contributed by atoms with Crippen molar-refractivity contribution in [2.45, 2.75) is 66.0 Å². The number of carbonyl (C=O) groups excluding carboxylic acids is 1. The van der Waals surface area contributed by atoms with Crippen LogP contribution in [-0.4, -0.2) is 37.5 Å². The molecule has 33 heavy (non-hydrogen) atoms. The van der Waals surface area contributed by atoms with E-state index < -0.39 is 0 Å². The average Bonchev–Trinajstić information content (AvgIpc) is 3.18. The van der Waals surface area contributed by atoms with Crippen LogP contribution in [0.2, 0.25) is 0 Å². The molecule has 6 heteroatoms. The van der Waals surface area contributed by atoms with Gasteiger partial charge in [-0.1, -0.05) is 19.1 Å². The largest absolute Gasteiger partial charge is 0.312 e. The quantitative estimate of drug-likeness (QED) is 0.730. The van der Waals surface area contributed by atoms with Gasteiger partial charge < -0.3 is 5.32 Å². The zero-order valence-electron chi connectivity index (χ0n) is 20.2. The number of aryl methyl sites for hydroxylation is 2. The Balaban J connectivity index is 1.49. The van der Waals surface area contributed by atoms with Gasteiger partial charge in [-0.3, -0.25) is 14.7 Å². The third-order valence-corrected chi connectivity index (χ3v) is 7.10. The molecule has 3 aliphatic rings. The number of nitrogens with one attached hydrogen (secondary N) is 1. The minimum atomic E-state index is -0.0113. The van der Waals surface area contributed by atoms with E-state index in [-0.39, 0.29) is 11.8 Å². The van der Waals surface area contributed by atoms with Gasteiger partial charge in [0.25, 0.3) is 5.91 Å². The van der Waals surface area contributed by atoms with Gasteiger partial charge in [0.2, 0.25) is 0 Å². The van der Waals surface area contributed by atoms with Crippen molar-refractivity contribution in [3.63, 3.8) is 0 Å². The molecule has 0 bridgehead atoms. The first-order valence-corrected chi connectivity index (χ1v) is 12.0. The van der Waals surface area contributed by atoms with Crippen LogP contribution in [0, 0.1) is 25.7 Å². The number of hydrogen-bond donors (Lipinski definition) is 1. The zero-order valence-corrected chi connectivity index (χ0v) is 20.2. The molecule has 1 N–H and O–H groups in total. The summed E-state index contributed by atoms with van der Waals surface area (Å²) in [6, 6.07) is 3.02. The van der Waals surface area contributed by atoms with Gasteiger partial charge >= 0.3 is 0 Å². The van der Waals surface area contributed by atoms with E-state index in [4.69, 9.17) is 5.10 Å². The molecular weight excluding hydrogens is 410 g/mol. The number of nitrogens with zero attached hydrogens (tertiary/aromatic N) is 4. The highest BCUT2D eigenvalue weighted by molar-refractivity contribution is 5.98. The van der Waals surface area contributed by atoms with E-state index in [9.17, 15) is 4.79 Å². The van der Waals surface area contributed by atoms with Crippen LogP contribution in [0.1, 0.15) is 57.1 Å². The van der Waals surface area contributed by atoms with Crippen molar-refractivity contribution in [2.24, 2.45) is 11.8 Å². The number of rotatable bonds is 2. The highest BCUT2D eigenvalue weighted by atomic mass is 16.2. The molecule has 1 amide bonds. The topological polar surface area (TPSA) is 62.5 Å². The first-order valence-electron chi connectivity index (χ1n) is 12.0. The molecule has 0 radical (unpaired) electrons. The highest BCUT2D eigenvalue weighted by Crippen LogP contribution is 2.34. The van der Waals surface area contributed by atoms with Crippen molar-refractivity contribution in [1.82, 2.24) is 24.8 Å². The molecule has 2 aromatic rings. The molecule has 0 spiro atoms. The monoisotopic (exact) mass is 443 g/mol. The Morgan fingerprint density at radius 1 is 1.09 bits per heavy atom. The summed E-state index contributed by atoms with van der Waals surface area (Å²) in [7, 11) is 0. The summed E-state index contributed by atoms with van der Waals surface area (Å²) in [6.07, 6.45) is 15.3. The maximum atomic E-state index is 13.5. The molecule has 2 aromatic heterocycles. The summed E-state index contributed by atoms with van der Waals surface area (Å²) in [4.78, 5) is 19.9. The third-order valence-electron chi connectivity index (χ3n) is 7.10. The molecule has 3 atom stereocenters. The van der Waals surface area contributed by atoms with Crippen LogP contribution in [0.3, 0.4) is 0 Å². The molecule has 0 aliphatic carbocycles. The van der Waals surface area contributed by atoms with Crippen molar-refractivity contribution in [1.29, 1.82) is 0 Å². The van der Waals surface area contributed by atoms with Crippen molar-refractivity contribution in [3.8, 4) is 0 Å². The van der Waals surface area contributed by atoms with Gasteiger partial charge in [-0.25, -0.2) is 4.52 Å². The molecule has 172 valence electrons. The Morgan fingerprint density at radius 2 is 1.85 bits per heavy atom. The number of fused-ring (bicyclic) bond motifs is 2. The number of allylic oxidation sites excluding steroid dienone is 5. The molecular formula is C27H33N5O. The fourth-order valence-corrected chi connectivity index (χ4v) is 5.50. The van der Waals surface area contributed by atoms with Crippen molar-refractivity contribution < 1.29 is 4.79 Å². The Bertz CT molecular complexity index is 1220. The lowest BCUT2D eigenvalue weighted by Gasteiger charge is -2.35. The Labute approximate surface area is 195 Å². The van der Waals surface area contributed by atoms with Gasteiger partial charge in [0, 0.05) is 30.1 Å². The van der Waals surface area contributed by atoms with Gasteiger partial charge in [-0.05, 0) is 82.1 Å². The Morgan fingerprint density at radius 3 is 2.61 bits per heavy atom. The second-order valence-corrected chi connectivity index (χ2v) is 10.0.